The van der Waals surface area contributed by atoms with Crippen LogP contribution in [0.2, 0.25) is 0 Å². The average molecular weight is 550 g/mol. The number of hydrogen-bond acceptors (Lipinski definition) is 4. The van der Waals surface area contributed by atoms with Crippen molar-refractivity contribution in [2.24, 2.45) is 11.5 Å². The lowest BCUT2D eigenvalue weighted by atomic mass is 9.92. The van der Waals surface area contributed by atoms with E-state index in [0.717, 1.165) is 51.5 Å². The summed E-state index contributed by atoms with van der Waals surface area (Å²) in [6, 6.07) is 21.3. The number of benzene rings is 4. The molecule has 208 valence electrons. The van der Waals surface area contributed by atoms with E-state index in [1.807, 2.05) is 18.2 Å². The molecule has 0 spiro atoms. The van der Waals surface area contributed by atoms with Gasteiger partial charge in [0.2, 0.25) is 0 Å². The summed E-state index contributed by atoms with van der Waals surface area (Å²) in [6.45, 7) is 0.159. The number of rotatable bonds is 7. The number of hydrogen-bond donors (Lipinski definition) is 5. The zero-order valence-electron chi connectivity index (χ0n) is 22.6. The van der Waals surface area contributed by atoms with Gasteiger partial charge in [-0.2, -0.15) is 0 Å². The van der Waals surface area contributed by atoms with Crippen LogP contribution in [0.1, 0.15) is 58.4 Å². The Morgan fingerprint density at radius 3 is 2.44 bits per heavy atom. The molecule has 7 nitrogen and oxygen atoms in total. The molecule has 1 fully saturated rings. The van der Waals surface area contributed by atoms with Crippen molar-refractivity contribution in [2.45, 2.75) is 44.7 Å². The number of carbonyl (C=O) groups is 2. The molecule has 41 heavy (non-hydrogen) atoms. The third-order valence-electron chi connectivity index (χ3n) is 8.02. The highest BCUT2D eigenvalue weighted by molar-refractivity contribution is 6.20. The molecule has 7 N–H and O–H groups in total. The number of halogens is 1. The van der Waals surface area contributed by atoms with Crippen LogP contribution in [0.3, 0.4) is 0 Å². The molecule has 0 aliphatic heterocycles. The van der Waals surface area contributed by atoms with Crippen LogP contribution in [0, 0.1) is 5.82 Å². The smallest absolute Gasteiger partial charge is 0.255 e. The van der Waals surface area contributed by atoms with Gasteiger partial charge in [0.15, 0.2) is 0 Å². The monoisotopic (exact) mass is 549 g/mol. The maximum absolute atomic E-state index is 13.4. The standard InChI is InChI=1S/C33H32FN5O2/c34-20-11-9-19(10-12-20)33(41)39-28-8-4-7-23(27(28)18-35)24-15-16-26(32(36)40)31-30(24)25-14-13-22(17-29(25)38-31)37-21-5-2-1-3-6-21/h4,7-17,21,37-38H,1-3,5-6,18,35H2,(H2,36,40)(H,39,41). The van der Waals surface area contributed by atoms with Crippen molar-refractivity contribution in [1.29, 1.82) is 0 Å². The number of primary amides is 1. The number of aromatic nitrogens is 1. The van der Waals surface area contributed by atoms with Crippen molar-refractivity contribution >= 4 is 45.0 Å². The zero-order chi connectivity index (χ0) is 28.5. The van der Waals surface area contributed by atoms with Crippen molar-refractivity contribution in [2.75, 3.05) is 10.6 Å². The lowest BCUT2D eigenvalue weighted by Crippen LogP contribution is -2.22. The lowest BCUT2D eigenvalue weighted by molar-refractivity contribution is 0.0998. The second-order valence-electron chi connectivity index (χ2n) is 10.6. The fourth-order valence-corrected chi connectivity index (χ4v) is 5.99. The topological polar surface area (TPSA) is 126 Å². The molecule has 1 aromatic heterocycles. The van der Waals surface area contributed by atoms with Gasteiger partial charge in [-0.05, 0) is 78.1 Å². The molecule has 0 bridgehead atoms. The Hall–Kier alpha value is -4.69. The number of nitrogens with one attached hydrogen (secondary N) is 3. The van der Waals surface area contributed by atoms with Crippen LogP contribution in [-0.2, 0) is 6.54 Å². The van der Waals surface area contributed by atoms with Gasteiger partial charge in [0.05, 0.1) is 11.1 Å². The lowest BCUT2D eigenvalue weighted by Gasteiger charge is -2.23. The minimum absolute atomic E-state index is 0.159. The highest BCUT2D eigenvalue weighted by Crippen LogP contribution is 2.40. The molecule has 1 aliphatic carbocycles. The largest absolute Gasteiger partial charge is 0.382 e. The van der Waals surface area contributed by atoms with Crippen molar-refractivity contribution in [3.05, 3.63) is 95.3 Å². The summed E-state index contributed by atoms with van der Waals surface area (Å²) >= 11 is 0. The van der Waals surface area contributed by atoms with Crippen LogP contribution in [0.4, 0.5) is 15.8 Å². The molecule has 0 saturated heterocycles. The van der Waals surface area contributed by atoms with Crippen LogP contribution in [0.25, 0.3) is 32.9 Å². The molecule has 6 rings (SSSR count). The summed E-state index contributed by atoms with van der Waals surface area (Å²) in [4.78, 5) is 28.8. The van der Waals surface area contributed by atoms with Crippen molar-refractivity contribution in [3.63, 3.8) is 0 Å². The summed E-state index contributed by atoms with van der Waals surface area (Å²) < 4.78 is 13.4. The van der Waals surface area contributed by atoms with Crippen molar-refractivity contribution in [3.8, 4) is 11.1 Å². The molecular formula is C33H32FN5O2. The van der Waals surface area contributed by atoms with Crippen LogP contribution in [-0.4, -0.2) is 22.8 Å². The molecule has 0 atom stereocenters. The Kier molecular flexibility index (Phi) is 7.15. The first-order valence-corrected chi connectivity index (χ1v) is 14.0. The minimum atomic E-state index is -0.520. The van der Waals surface area contributed by atoms with E-state index >= 15 is 0 Å². The molecule has 1 saturated carbocycles. The summed E-state index contributed by atoms with van der Waals surface area (Å²) in [7, 11) is 0. The SMILES string of the molecule is NCc1c(NC(=O)c2ccc(F)cc2)cccc1-c1ccc(C(N)=O)c2[nH]c3cc(NC4CCCCC4)ccc3c12. The predicted octanol–water partition coefficient (Wildman–Crippen LogP) is 6.68. The number of anilines is 2. The molecule has 1 aliphatic rings. The van der Waals surface area contributed by atoms with E-state index in [2.05, 4.69) is 33.8 Å². The Labute approximate surface area is 237 Å². The van der Waals surface area contributed by atoms with Gasteiger partial charge in [0.1, 0.15) is 5.82 Å². The van der Waals surface area contributed by atoms with Gasteiger partial charge in [-0.3, -0.25) is 9.59 Å². The molecule has 1 heterocycles. The van der Waals surface area contributed by atoms with E-state index in [1.54, 1.807) is 12.1 Å². The highest BCUT2D eigenvalue weighted by Gasteiger charge is 2.20. The Balaban J connectivity index is 1.45. The van der Waals surface area contributed by atoms with Gasteiger partial charge in [-0.25, -0.2) is 4.39 Å². The van der Waals surface area contributed by atoms with Crippen molar-refractivity contribution < 1.29 is 14.0 Å². The van der Waals surface area contributed by atoms with E-state index < -0.39 is 11.7 Å². The fraction of sp³-hybridized carbons (Fsp3) is 0.212. The average Bonchev–Trinajstić information content (AvgIpc) is 3.36. The summed E-state index contributed by atoms with van der Waals surface area (Å²) in [5.41, 5.74) is 18.3. The molecule has 8 heteroatoms. The first-order valence-electron chi connectivity index (χ1n) is 14.0. The molecular weight excluding hydrogens is 517 g/mol. The molecule has 0 unspecified atom stereocenters. The van der Waals surface area contributed by atoms with E-state index in [-0.39, 0.29) is 12.5 Å². The minimum Gasteiger partial charge on any atom is -0.382 e. The Morgan fingerprint density at radius 2 is 1.71 bits per heavy atom. The highest BCUT2D eigenvalue weighted by atomic mass is 19.1. The van der Waals surface area contributed by atoms with Gasteiger partial charge in [0, 0.05) is 45.8 Å². The van der Waals surface area contributed by atoms with Gasteiger partial charge in [0.25, 0.3) is 11.8 Å². The molecule has 2 amide bonds. The third kappa shape index (κ3) is 5.14. The number of nitrogens with two attached hydrogens (primary N) is 2. The summed E-state index contributed by atoms with van der Waals surface area (Å²) in [6.07, 6.45) is 6.10. The maximum atomic E-state index is 13.4. The number of carbonyl (C=O) groups excluding carboxylic acids is 2. The van der Waals surface area contributed by atoms with Crippen LogP contribution >= 0.6 is 0 Å². The number of H-pyrrole nitrogens is 1. The normalized spacial score (nSPS) is 13.9. The molecule has 5 aromatic rings. The Morgan fingerprint density at radius 1 is 0.927 bits per heavy atom. The first-order chi connectivity index (χ1) is 19.9. The van der Waals surface area contributed by atoms with Crippen LogP contribution < -0.4 is 22.1 Å². The van der Waals surface area contributed by atoms with Gasteiger partial charge >= 0.3 is 0 Å². The second kappa shape index (κ2) is 11.1. The second-order valence-corrected chi connectivity index (χ2v) is 10.6. The van der Waals surface area contributed by atoms with E-state index in [4.69, 9.17) is 11.5 Å². The van der Waals surface area contributed by atoms with E-state index in [0.29, 0.717) is 28.4 Å². The predicted molar refractivity (Wildman–Crippen MR) is 162 cm³/mol. The number of amides is 2. The summed E-state index contributed by atoms with van der Waals surface area (Å²) in [5, 5.41) is 8.42. The Bertz CT molecular complexity index is 1770. The quantitative estimate of drug-likeness (QED) is 0.155. The van der Waals surface area contributed by atoms with Crippen molar-refractivity contribution in [1.82, 2.24) is 4.98 Å². The third-order valence-corrected chi connectivity index (χ3v) is 8.02. The number of aromatic amines is 1. The van der Waals surface area contributed by atoms with E-state index in [9.17, 15) is 14.0 Å². The van der Waals surface area contributed by atoms with Crippen LogP contribution in [0.5, 0.6) is 0 Å². The van der Waals surface area contributed by atoms with Gasteiger partial charge in [-0.15, -0.1) is 0 Å². The molecule has 0 radical (unpaired) electrons. The van der Waals surface area contributed by atoms with E-state index in [1.165, 1.54) is 43.5 Å². The van der Waals surface area contributed by atoms with Gasteiger partial charge in [-0.1, -0.05) is 43.5 Å². The first kappa shape index (κ1) is 26.5. The van der Waals surface area contributed by atoms with Gasteiger partial charge < -0.3 is 27.1 Å². The molecule has 4 aromatic carbocycles. The zero-order valence-corrected chi connectivity index (χ0v) is 22.6. The number of fused-ring (bicyclic) bond motifs is 3. The maximum Gasteiger partial charge on any atom is 0.255 e. The fourth-order valence-electron chi connectivity index (χ4n) is 5.99. The summed E-state index contributed by atoms with van der Waals surface area (Å²) in [5.74, 6) is -1.30. The van der Waals surface area contributed by atoms with Crippen LogP contribution in [0.15, 0.2) is 72.8 Å².